The van der Waals surface area contributed by atoms with Crippen LogP contribution in [0.4, 0.5) is 4.79 Å². The van der Waals surface area contributed by atoms with Crippen molar-refractivity contribution in [3.8, 4) is 0 Å². The predicted octanol–water partition coefficient (Wildman–Crippen LogP) is 2.57. The highest BCUT2D eigenvalue weighted by atomic mass is 16.3. The van der Waals surface area contributed by atoms with Crippen LogP contribution in [0.15, 0.2) is 30.3 Å². The molecule has 0 radical (unpaired) electrons. The second-order valence-electron chi connectivity index (χ2n) is 6.85. The van der Waals surface area contributed by atoms with E-state index in [0.29, 0.717) is 0 Å². The third-order valence-corrected chi connectivity index (χ3v) is 5.30. The van der Waals surface area contributed by atoms with Crippen molar-refractivity contribution in [1.82, 2.24) is 10.2 Å². The molecule has 1 aromatic carbocycles. The van der Waals surface area contributed by atoms with Gasteiger partial charge in [-0.1, -0.05) is 36.8 Å². The molecule has 4 nitrogen and oxygen atoms in total. The minimum atomic E-state index is -0.00381. The number of aliphatic hydroxyl groups excluding tert-OH is 1. The maximum atomic E-state index is 12.4. The zero-order valence-electron chi connectivity index (χ0n) is 13.1. The summed E-state index contributed by atoms with van der Waals surface area (Å²) >= 11 is 0. The fourth-order valence-electron chi connectivity index (χ4n) is 3.78. The Balaban J connectivity index is 1.56. The van der Waals surface area contributed by atoms with E-state index in [0.717, 1.165) is 32.4 Å². The van der Waals surface area contributed by atoms with Crippen LogP contribution in [-0.2, 0) is 6.42 Å². The Morgan fingerprint density at radius 1 is 1.27 bits per heavy atom. The minimum Gasteiger partial charge on any atom is -0.394 e. The van der Waals surface area contributed by atoms with Gasteiger partial charge in [0.15, 0.2) is 0 Å². The first-order valence-corrected chi connectivity index (χ1v) is 8.42. The van der Waals surface area contributed by atoms with Crippen molar-refractivity contribution in [1.29, 1.82) is 0 Å². The number of hydrogen-bond acceptors (Lipinski definition) is 2. The summed E-state index contributed by atoms with van der Waals surface area (Å²) in [6, 6.07) is 10.5. The lowest BCUT2D eigenvalue weighted by molar-refractivity contribution is 0.119. The lowest BCUT2D eigenvalue weighted by atomic mass is 9.65. The normalized spacial score (nSPS) is 23.1. The molecule has 1 aliphatic carbocycles. The average Bonchev–Trinajstić information content (AvgIpc) is 2.99. The molecule has 0 spiro atoms. The van der Waals surface area contributed by atoms with Gasteiger partial charge < -0.3 is 15.3 Å². The van der Waals surface area contributed by atoms with Crippen molar-refractivity contribution in [2.45, 2.75) is 44.6 Å². The molecule has 2 N–H and O–H groups in total. The van der Waals surface area contributed by atoms with Crippen molar-refractivity contribution in [3.05, 3.63) is 35.9 Å². The largest absolute Gasteiger partial charge is 0.394 e. The van der Waals surface area contributed by atoms with Crippen LogP contribution >= 0.6 is 0 Å². The Kier molecular flexibility index (Phi) is 4.67. The van der Waals surface area contributed by atoms with Crippen LogP contribution in [0.3, 0.4) is 0 Å². The molecule has 2 aliphatic rings. The van der Waals surface area contributed by atoms with Crippen LogP contribution in [0.5, 0.6) is 0 Å². The first-order chi connectivity index (χ1) is 10.7. The Morgan fingerprint density at radius 2 is 2.05 bits per heavy atom. The molecule has 2 amide bonds. The molecule has 1 atom stereocenters. The van der Waals surface area contributed by atoms with E-state index >= 15 is 0 Å². The standard InChI is InChI=1S/C18H26N2O2/c21-13-16-8-4-11-20(16)17(22)19-14-18(9-5-10-18)12-15-6-2-1-3-7-15/h1-3,6-7,16,21H,4-5,8-14H2,(H,19,22)/t16-/m1/s1. The zero-order valence-corrected chi connectivity index (χ0v) is 13.1. The number of carbonyl (C=O) groups excluding carboxylic acids is 1. The van der Waals surface area contributed by atoms with E-state index < -0.39 is 0 Å². The van der Waals surface area contributed by atoms with Gasteiger partial charge in [0.1, 0.15) is 0 Å². The highest BCUT2D eigenvalue weighted by Gasteiger charge is 2.38. The molecular formula is C18H26N2O2. The van der Waals surface area contributed by atoms with E-state index in [1.807, 2.05) is 6.07 Å². The van der Waals surface area contributed by atoms with Gasteiger partial charge in [0.05, 0.1) is 12.6 Å². The molecule has 0 unspecified atom stereocenters. The second-order valence-corrected chi connectivity index (χ2v) is 6.85. The lowest BCUT2D eigenvalue weighted by Crippen LogP contribution is -2.49. The summed E-state index contributed by atoms with van der Waals surface area (Å²) in [5, 5.41) is 12.5. The summed E-state index contributed by atoms with van der Waals surface area (Å²) in [7, 11) is 0. The van der Waals surface area contributed by atoms with Crippen LogP contribution in [0, 0.1) is 5.41 Å². The third kappa shape index (κ3) is 3.27. The molecule has 1 saturated carbocycles. The van der Waals surface area contributed by atoms with E-state index in [9.17, 15) is 9.90 Å². The van der Waals surface area contributed by atoms with Crippen molar-refractivity contribution >= 4 is 6.03 Å². The number of hydrogen-bond donors (Lipinski definition) is 2. The van der Waals surface area contributed by atoms with Crippen LogP contribution in [0.1, 0.15) is 37.7 Å². The van der Waals surface area contributed by atoms with E-state index in [-0.39, 0.29) is 24.1 Å². The zero-order chi connectivity index (χ0) is 15.4. The van der Waals surface area contributed by atoms with E-state index in [4.69, 9.17) is 0 Å². The molecule has 1 saturated heterocycles. The van der Waals surface area contributed by atoms with Crippen LogP contribution in [0.25, 0.3) is 0 Å². The number of benzene rings is 1. The quantitative estimate of drug-likeness (QED) is 0.878. The molecule has 0 bridgehead atoms. The van der Waals surface area contributed by atoms with Crippen molar-refractivity contribution in [3.63, 3.8) is 0 Å². The van der Waals surface area contributed by atoms with Crippen LogP contribution < -0.4 is 5.32 Å². The van der Waals surface area contributed by atoms with Gasteiger partial charge in [0.25, 0.3) is 0 Å². The minimum absolute atomic E-state index is 0.00381. The molecule has 120 valence electrons. The van der Waals surface area contributed by atoms with Gasteiger partial charge in [-0.3, -0.25) is 0 Å². The Morgan fingerprint density at radius 3 is 2.68 bits per heavy atom. The molecule has 3 rings (SSSR count). The number of nitrogens with zero attached hydrogens (tertiary/aromatic N) is 1. The summed E-state index contributed by atoms with van der Waals surface area (Å²) in [5.41, 5.74) is 1.58. The number of urea groups is 1. The average molecular weight is 302 g/mol. The molecular weight excluding hydrogens is 276 g/mol. The topological polar surface area (TPSA) is 52.6 Å². The number of likely N-dealkylation sites (tertiary alicyclic amines) is 1. The summed E-state index contributed by atoms with van der Waals surface area (Å²) < 4.78 is 0. The predicted molar refractivity (Wildman–Crippen MR) is 86.6 cm³/mol. The van der Waals surface area contributed by atoms with Gasteiger partial charge in [0, 0.05) is 13.1 Å². The Labute approximate surface area is 132 Å². The maximum absolute atomic E-state index is 12.4. The van der Waals surface area contributed by atoms with Gasteiger partial charge in [-0.15, -0.1) is 0 Å². The number of amides is 2. The maximum Gasteiger partial charge on any atom is 0.317 e. The number of nitrogens with one attached hydrogen (secondary N) is 1. The summed E-state index contributed by atoms with van der Waals surface area (Å²) in [6.45, 7) is 1.58. The van der Waals surface area contributed by atoms with Gasteiger partial charge in [-0.25, -0.2) is 4.79 Å². The third-order valence-electron chi connectivity index (χ3n) is 5.30. The fraction of sp³-hybridized carbons (Fsp3) is 0.611. The first kappa shape index (κ1) is 15.3. The Hall–Kier alpha value is -1.55. The molecule has 4 heteroatoms. The lowest BCUT2D eigenvalue weighted by Gasteiger charge is -2.42. The highest BCUT2D eigenvalue weighted by Crippen LogP contribution is 2.43. The number of aliphatic hydroxyl groups is 1. The molecule has 1 aromatic rings. The molecule has 1 heterocycles. The van der Waals surface area contributed by atoms with E-state index in [1.54, 1.807) is 4.90 Å². The molecule has 0 aromatic heterocycles. The van der Waals surface area contributed by atoms with Crippen molar-refractivity contribution in [2.24, 2.45) is 5.41 Å². The van der Waals surface area contributed by atoms with Crippen LogP contribution in [-0.4, -0.2) is 41.8 Å². The molecule has 1 aliphatic heterocycles. The smallest absolute Gasteiger partial charge is 0.317 e. The van der Waals surface area contributed by atoms with Crippen molar-refractivity contribution in [2.75, 3.05) is 19.7 Å². The highest BCUT2D eigenvalue weighted by molar-refractivity contribution is 5.75. The van der Waals surface area contributed by atoms with Crippen molar-refractivity contribution < 1.29 is 9.90 Å². The van der Waals surface area contributed by atoms with Gasteiger partial charge in [-0.2, -0.15) is 0 Å². The van der Waals surface area contributed by atoms with E-state index in [1.165, 1.54) is 24.8 Å². The van der Waals surface area contributed by atoms with Gasteiger partial charge >= 0.3 is 6.03 Å². The van der Waals surface area contributed by atoms with Gasteiger partial charge in [-0.05, 0) is 43.1 Å². The number of rotatable bonds is 5. The summed E-state index contributed by atoms with van der Waals surface area (Å²) in [4.78, 5) is 14.2. The first-order valence-electron chi connectivity index (χ1n) is 8.42. The summed E-state index contributed by atoms with van der Waals surface area (Å²) in [6.07, 6.45) is 6.58. The number of carbonyl (C=O) groups is 1. The fourth-order valence-corrected chi connectivity index (χ4v) is 3.78. The SMILES string of the molecule is O=C(NCC1(Cc2ccccc2)CCC1)N1CCC[C@@H]1CO. The molecule has 2 fully saturated rings. The second kappa shape index (κ2) is 6.69. The van der Waals surface area contributed by atoms with Crippen LogP contribution in [0.2, 0.25) is 0 Å². The van der Waals surface area contributed by atoms with E-state index in [2.05, 4.69) is 29.6 Å². The molecule has 22 heavy (non-hydrogen) atoms. The van der Waals surface area contributed by atoms with Gasteiger partial charge in [0.2, 0.25) is 0 Å². The summed E-state index contributed by atoms with van der Waals surface area (Å²) in [5.74, 6) is 0. The Bertz CT molecular complexity index is 499. The monoisotopic (exact) mass is 302 g/mol.